The number of nitrogen functional groups attached to an aromatic ring is 1. The normalized spacial score (nSPS) is 9.33. The minimum Gasteiger partial charge on any atom is -0.399 e. The van der Waals surface area contributed by atoms with Crippen LogP contribution in [0.4, 0.5) is 5.69 Å². The lowest BCUT2D eigenvalue weighted by Gasteiger charge is -2.01. The zero-order chi connectivity index (χ0) is 8.97. The number of aryl methyl sites for hydroxylation is 1. The summed E-state index contributed by atoms with van der Waals surface area (Å²) in [6, 6.07) is 7.90. The number of halogens is 1. The Morgan fingerprint density at radius 1 is 1.50 bits per heavy atom. The number of anilines is 1. The highest BCUT2D eigenvalue weighted by atomic mass is 127. The van der Waals surface area contributed by atoms with E-state index in [0.29, 0.717) is 6.42 Å². The Labute approximate surface area is 85.5 Å². The van der Waals surface area contributed by atoms with Gasteiger partial charge in [0, 0.05) is 15.7 Å². The van der Waals surface area contributed by atoms with Crippen molar-refractivity contribution in [1.82, 2.24) is 0 Å². The molecule has 2 nitrogen and oxygen atoms in total. The Kier molecular flexibility index (Phi) is 3.35. The van der Waals surface area contributed by atoms with Crippen molar-refractivity contribution in [1.29, 1.82) is 5.26 Å². The third kappa shape index (κ3) is 2.38. The lowest BCUT2D eigenvalue weighted by atomic mass is 10.1. The molecular formula is C9H9IN2. The largest absolute Gasteiger partial charge is 0.399 e. The Bertz CT molecular complexity index is 315. The number of benzene rings is 1. The van der Waals surface area contributed by atoms with Crippen LogP contribution in [0.15, 0.2) is 18.2 Å². The molecule has 0 aliphatic carbocycles. The summed E-state index contributed by atoms with van der Waals surface area (Å²) < 4.78 is 1.14. The molecule has 1 aromatic rings. The number of hydrogen-bond donors (Lipinski definition) is 1. The quantitative estimate of drug-likeness (QED) is 0.663. The maximum Gasteiger partial charge on any atom is 0.0625 e. The molecule has 0 radical (unpaired) electrons. The molecule has 0 saturated heterocycles. The first-order chi connectivity index (χ1) is 5.74. The van der Waals surface area contributed by atoms with Crippen LogP contribution in [0.25, 0.3) is 0 Å². The molecule has 62 valence electrons. The van der Waals surface area contributed by atoms with Crippen molar-refractivity contribution in [3.8, 4) is 6.07 Å². The van der Waals surface area contributed by atoms with Gasteiger partial charge >= 0.3 is 0 Å². The van der Waals surface area contributed by atoms with Gasteiger partial charge in [-0.05, 0) is 46.7 Å². The molecule has 12 heavy (non-hydrogen) atoms. The molecule has 0 heterocycles. The van der Waals surface area contributed by atoms with E-state index in [-0.39, 0.29) is 0 Å². The lowest BCUT2D eigenvalue weighted by Crippen LogP contribution is -1.91. The van der Waals surface area contributed by atoms with Crippen LogP contribution in [-0.4, -0.2) is 0 Å². The fourth-order valence-electron chi connectivity index (χ4n) is 0.957. The van der Waals surface area contributed by atoms with E-state index < -0.39 is 0 Å². The Hall–Kier alpha value is -0.760. The van der Waals surface area contributed by atoms with E-state index in [1.165, 1.54) is 5.56 Å². The molecule has 2 N–H and O–H groups in total. The first kappa shape index (κ1) is 9.33. The molecule has 0 aliphatic heterocycles. The second kappa shape index (κ2) is 4.31. The Balaban J connectivity index is 2.81. The highest BCUT2D eigenvalue weighted by Crippen LogP contribution is 2.16. The molecular weight excluding hydrogens is 263 g/mol. The minimum absolute atomic E-state index is 0.569. The summed E-state index contributed by atoms with van der Waals surface area (Å²) in [4.78, 5) is 0. The summed E-state index contributed by atoms with van der Waals surface area (Å²) in [6.45, 7) is 0. The number of rotatable bonds is 2. The van der Waals surface area contributed by atoms with E-state index in [1.807, 2.05) is 18.2 Å². The van der Waals surface area contributed by atoms with Crippen LogP contribution < -0.4 is 5.73 Å². The van der Waals surface area contributed by atoms with Gasteiger partial charge in [-0.25, -0.2) is 0 Å². The third-order valence-corrected chi connectivity index (χ3v) is 2.59. The van der Waals surface area contributed by atoms with Crippen molar-refractivity contribution in [2.45, 2.75) is 12.8 Å². The van der Waals surface area contributed by atoms with Crippen molar-refractivity contribution < 1.29 is 0 Å². The fourth-order valence-corrected chi connectivity index (χ4v) is 1.77. The molecule has 0 fully saturated rings. The molecule has 1 rings (SSSR count). The fraction of sp³-hybridized carbons (Fsp3) is 0.222. The standard InChI is InChI=1S/C9H9IN2/c10-9-6-8(12)4-3-7(9)2-1-5-11/h3-4,6H,1-2,12H2. The summed E-state index contributed by atoms with van der Waals surface area (Å²) in [6.07, 6.45) is 1.38. The minimum atomic E-state index is 0.569. The highest BCUT2D eigenvalue weighted by Gasteiger charge is 1.98. The topological polar surface area (TPSA) is 49.8 Å². The van der Waals surface area contributed by atoms with Gasteiger partial charge in [0.1, 0.15) is 0 Å². The molecule has 0 bridgehead atoms. The van der Waals surface area contributed by atoms with E-state index >= 15 is 0 Å². The zero-order valence-electron chi connectivity index (χ0n) is 6.55. The van der Waals surface area contributed by atoms with Crippen molar-refractivity contribution in [3.63, 3.8) is 0 Å². The smallest absolute Gasteiger partial charge is 0.0625 e. The number of nitrogens with zero attached hydrogens (tertiary/aromatic N) is 1. The first-order valence-corrected chi connectivity index (χ1v) is 4.73. The van der Waals surface area contributed by atoms with Crippen LogP contribution in [0.2, 0.25) is 0 Å². The van der Waals surface area contributed by atoms with E-state index in [2.05, 4.69) is 28.7 Å². The predicted molar refractivity (Wildman–Crippen MR) is 57.5 cm³/mol. The monoisotopic (exact) mass is 272 g/mol. The van der Waals surface area contributed by atoms with Crippen molar-refractivity contribution in [2.24, 2.45) is 0 Å². The molecule has 3 heteroatoms. The summed E-state index contributed by atoms with van der Waals surface area (Å²) in [7, 11) is 0. The number of nitriles is 1. The van der Waals surface area contributed by atoms with Gasteiger partial charge in [-0.3, -0.25) is 0 Å². The molecule has 0 amide bonds. The maximum atomic E-state index is 8.40. The molecule has 0 unspecified atom stereocenters. The van der Waals surface area contributed by atoms with E-state index in [1.54, 1.807) is 0 Å². The second-order valence-electron chi connectivity index (χ2n) is 2.51. The first-order valence-electron chi connectivity index (χ1n) is 3.65. The van der Waals surface area contributed by atoms with Gasteiger partial charge in [-0.15, -0.1) is 0 Å². The summed E-state index contributed by atoms with van der Waals surface area (Å²) in [5, 5.41) is 8.40. The van der Waals surface area contributed by atoms with Crippen molar-refractivity contribution in [2.75, 3.05) is 5.73 Å². The van der Waals surface area contributed by atoms with E-state index in [9.17, 15) is 0 Å². The summed E-state index contributed by atoms with van der Waals surface area (Å²) in [5.41, 5.74) is 7.56. The molecule has 0 spiro atoms. The van der Waals surface area contributed by atoms with Crippen LogP contribution in [0.5, 0.6) is 0 Å². The Morgan fingerprint density at radius 2 is 2.25 bits per heavy atom. The summed E-state index contributed by atoms with van der Waals surface area (Å²) in [5.74, 6) is 0. The van der Waals surface area contributed by atoms with Gasteiger partial charge < -0.3 is 5.73 Å². The number of nitrogens with two attached hydrogens (primary N) is 1. The zero-order valence-corrected chi connectivity index (χ0v) is 8.71. The SMILES string of the molecule is N#CCCc1ccc(N)cc1I. The summed E-state index contributed by atoms with van der Waals surface area (Å²) >= 11 is 2.24. The van der Waals surface area contributed by atoms with Gasteiger partial charge in [-0.2, -0.15) is 5.26 Å². The maximum absolute atomic E-state index is 8.40. The van der Waals surface area contributed by atoms with Gasteiger partial charge in [0.05, 0.1) is 6.07 Å². The average molecular weight is 272 g/mol. The predicted octanol–water partition coefficient (Wildman–Crippen LogP) is 2.33. The van der Waals surface area contributed by atoms with E-state index in [0.717, 1.165) is 15.7 Å². The average Bonchev–Trinajstić information content (AvgIpc) is 2.03. The second-order valence-corrected chi connectivity index (χ2v) is 3.67. The van der Waals surface area contributed by atoms with Crippen LogP contribution in [0, 0.1) is 14.9 Å². The third-order valence-electron chi connectivity index (χ3n) is 1.58. The lowest BCUT2D eigenvalue weighted by molar-refractivity contribution is 1.00. The molecule has 0 saturated carbocycles. The van der Waals surface area contributed by atoms with Gasteiger partial charge in [-0.1, -0.05) is 6.07 Å². The molecule has 0 aliphatic rings. The molecule has 0 atom stereocenters. The molecule has 0 aromatic heterocycles. The number of hydrogen-bond acceptors (Lipinski definition) is 2. The van der Waals surface area contributed by atoms with Crippen molar-refractivity contribution >= 4 is 28.3 Å². The van der Waals surface area contributed by atoms with Gasteiger partial charge in [0.15, 0.2) is 0 Å². The highest BCUT2D eigenvalue weighted by molar-refractivity contribution is 14.1. The van der Waals surface area contributed by atoms with Crippen molar-refractivity contribution in [3.05, 3.63) is 27.3 Å². The van der Waals surface area contributed by atoms with Crippen LogP contribution >= 0.6 is 22.6 Å². The van der Waals surface area contributed by atoms with E-state index in [4.69, 9.17) is 11.0 Å². The van der Waals surface area contributed by atoms with Crippen LogP contribution in [0.3, 0.4) is 0 Å². The van der Waals surface area contributed by atoms with Crippen LogP contribution in [-0.2, 0) is 6.42 Å². The van der Waals surface area contributed by atoms with Gasteiger partial charge in [0.2, 0.25) is 0 Å². The van der Waals surface area contributed by atoms with Gasteiger partial charge in [0.25, 0.3) is 0 Å². The Morgan fingerprint density at radius 3 is 2.83 bits per heavy atom. The van der Waals surface area contributed by atoms with Crippen LogP contribution in [0.1, 0.15) is 12.0 Å². The molecule has 1 aromatic carbocycles.